The zero-order valence-electron chi connectivity index (χ0n) is 10.3. The quantitative estimate of drug-likeness (QED) is 0.430. The summed E-state index contributed by atoms with van der Waals surface area (Å²) in [5, 5.41) is 0.802. The van der Waals surface area contributed by atoms with Crippen LogP contribution in [-0.4, -0.2) is 12.4 Å². The third kappa shape index (κ3) is 4.45. The van der Waals surface area contributed by atoms with E-state index in [1.54, 1.807) is 12.1 Å². The van der Waals surface area contributed by atoms with Crippen molar-refractivity contribution >= 4 is 76.8 Å². The van der Waals surface area contributed by atoms with Crippen LogP contribution in [0.4, 0.5) is 0 Å². The van der Waals surface area contributed by atoms with Gasteiger partial charge in [0.1, 0.15) is 5.75 Å². The van der Waals surface area contributed by atoms with Crippen molar-refractivity contribution in [2.75, 3.05) is 6.61 Å². The summed E-state index contributed by atoms with van der Waals surface area (Å²) in [4.78, 5) is 12.2. The summed E-state index contributed by atoms with van der Waals surface area (Å²) in [5.74, 6) is 0.300. The van der Waals surface area contributed by atoms with Crippen molar-refractivity contribution < 1.29 is 9.53 Å². The number of hydrogen-bond donors (Lipinski definition) is 0. The largest absolute Gasteiger partial charge is 0.483 e. The maximum absolute atomic E-state index is 12.2. The molecule has 2 aromatic rings. The van der Waals surface area contributed by atoms with Crippen LogP contribution in [0, 0.1) is 0 Å². The van der Waals surface area contributed by atoms with Gasteiger partial charge in [-0.3, -0.25) is 4.79 Å². The van der Waals surface area contributed by atoms with Gasteiger partial charge in [0.2, 0.25) is 5.78 Å². The number of carbonyl (C=O) groups excluding carboxylic acids is 1. The molecule has 0 aliphatic rings. The van der Waals surface area contributed by atoms with Crippen LogP contribution in [0.3, 0.4) is 0 Å². The molecule has 0 saturated carbocycles. The Balaban J connectivity index is 2.17. The van der Waals surface area contributed by atoms with Gasteiger partial charge in [-0.2, -0.15) is 0 Å². The van der Waals surface area contributed by atoms with Gasteiger partial charge in [-0.05, 0) is 62.2 Å². The molecule has 0 aromatic heterocycles. The fourth-order valence-corrected chi connectivity index (χ4v) is 4.48. The van der Waals surface area contributed by atoms with Gasteiger partial charge in [0.15, 0.2) is 6.61 Å². The number of hydrogen-bond acceptors (Lipinski definition) is 2. The summed E-state index contributed by atoms with van der Waals surface area (Å²) in [7, 11) is 0. The van der Waals surface area contributed by atoms with Gasteiger partial charge >= 0.3 is 0 Å². The molecule has 0 spiro atoms. The summed E-state index contributed by atoms with van der Waals surface area (Å²) in [5.41, 5.74) is 0.341. The van der Waals surface area contributed by atoms with Crippen LogP contribution in [0.25, 0.3) is 0 Å². The molecule has 0 atom stereocenters. The first-order valence-corrected chi connectivity index (χ1v) is 8.77. The summed E-state index contributed by atoms with van der Waals surface area (Å²) in [6, 6.07) is 8.40. The highest BCUT2D eigenvalue weighted by Crippen LogP contribution is 2.36. The van der Waals surface area contributed by atoms with E-state index in [9.17, 15) is 4.79 Å². The minimum absolute atomic E-state index is 0.140. The van der Waals surface area contributed by atoms with Crippen LogP contribution in [0.1, 0.15) is 10.4 Å². The molecule has 7 heteroatoms. The van der Waals surface area contributed by atoms with Crippen LogP contribution in [0.15, 0.2) is 43.7 Å². The second-order valence-electron chi connectivity index (χ2n) is 4.03. The highest BCUT2D eigenvalue weighted by Gasteiger charge is 2.14. The van der Waals surface area contributed by atoms with Crippen molar-refractivity contribution in [2.45, 2.75) is 0 Å². The summed E-state index contributed by atoms with van der Waals surface area (Å²) >= 11 is 22.0. The second kappa shape index (κ2) is 7.47. The molecule has 0 heterocycles. The lowest BCUT2D eigenvalue weighted by Crippen LogP contribution is -2.12. The van der Waals surface area contributed by atoms with E-state index in [1.807, 2.05) is 12.1 Å². The van der Waals surface area contributed by atoms with Crippen molar-refractivity contribution in [3.63, 3.8) is 0 Å². The van der Waals surface area contributed by atoms with Gasteiger partial charge in [0.05, 0.1) is 14.0 Å². The predicted molar refractivity (Wildman–Crippen MR) is 95.8 cm³/mol. The molecule has 0 saturated heterocycles. The van der Waals surface area contributed by atoms with Gasteiger partial charge < -0.3 is 4.74 Å². The normalized spacial score (nSPS) is 10.5. The van der Waals surface area contributed by atoms with Crippen molar-refractivity contribution in [1.29, 1.82) is 0 Å². The molecule has 0 unspecified atom stereocenters. The van der Waals surface area contributed by atoms with Crippen LogP contribution >= 0.6 is 71.0 Å². The van der Waals surface area contributed by atoms with E-state index in [1.165, 1.54) is 6.07 Å². The Labute approximate surface area is 157 Å². The lowest BCUT2D eigenvalue weighted by atomic mass is 10.1. The predicted octanol–water partition coefficient (Wildman–Crippen LogP) is 6.54. The molecule has 0 N–H and O–H groups in total. The number of ketones is 1. The maximum Gasteiger partial charge on any atom is 0.201 e. The summed E-state index contributed by atoms with van der Waals surface area (Å²) in [6.07, 6.45) is 0. The Morgan fingerprint density at radius 1 is 1.05 bits per heavy atom. The van der Waals surface area contributed by atoms with E-state index in [-0.39, 0.29) is 12.4 Å². The van der Waals surface area contributed by atoms with E-state index in [2.05, 4.69) is 47.8 Å². The van der Waals surface area contributed by atoms with Crippen LogP contribution in [-0.2, 0) is 0 Å². The molecule has 0 aliphatic carbocycles. The smallest absolute Gasteiger partial charge is 0.201 e. The van der Waals surface area contributed by atoms with Gasteiger partial charge in [-0.1, -0.05) is 39.1 Å². The van der Waals surface area contributed by atoms with E-state index in [0.29, 0.717) is 21.4 Å². The van der Waals surface area contributed by atoms with E-state index >= 15 is 0 Å². The standard InChI is InChI=1S/C14H7Br3Cl2O2/c15-7-3-10(16)14(11(17)4-7)21-6-13(20)9-5-8(18)1-2-12(9)19/h1-5H,6H2. The fourth-order valence-electron chi connectivity index (χ4n) is 1.59. The molecule has 2 nitrogen and oxygen atoms in total. The Kier molecular flexibility index (Phi) is 6.15. The Bertz CT molecular complexity index is 682. The number of Topliss-reactive ketones (excluding diaryl/α,β-unsaturated/α-hetero) is 1. The third-order valence-corrected chi connectivity index (χ3v) is 4.74. The number of halogens is 5. The van der Waals surface area contributed by atoms with Crippen molar-refractivity contribution in [1.82, 2.24) is 0 Å². The molecule has 2 rings (SSSR count). The minimum atomic E-state index is -0.246. The lowest BCUT2D eigenvalue weighted by molar-refractivity contribution is 0.0920. The maximum atomic E-state index is 12.2. The van der Waals surface area contributed by atoms with Gasteiger partial charge in [0.25, 0.3) is 0 Å². The highest BCUT2D eigenvalue weighted by atomic mass is 79.9. The summed E-state index contributed by atoms with van der Waals surface area (Å²) < 4.78 is 7.92. The highest BCUT2D eigenvalue weighted by molar-refractivity contribution is 9.11. The van der Waals surface area contributed by atoms with Crippen LogP contribution in [0.5, 0.6) is 5.75 Å². The lowest BCUT2D eigenvalue weighted by Gasteiger charge is -2.11. The Hall–Kier alpha value is -0.0700. The van der Waals surface area contributed by atoms with Crippen molar-refractivity contribution in [2.24, 2.45) is 0 Å². The molecule has 0 fully saturated rings. The third-order valence-electron chi connectivity index (χ3n) is 2.54. The summed E-state index contributed by atoms with van der Waals surface area (Å²) in [6.45, 7) is -0.140. The molecule has 0 aliphatic heterocycles. The number of carbonyl (C=O) groups is 1. The molecule has 0 bridgehead atoms. The molecular weight excluding hydrogens is 511 g/mol. The number of benzene rings is 2. The topological polar surface area (TPSA) is 26.3 Å². The molecule has 0 radical (unpaired) electrons. The second-order valence-corrected chi connectivity index (χ2v) is 7.50. The van der Waals surface area contributed by atoms with Crippen LogP contribution < -0.4 is 4.74 Å². The first kappa shape index (κ1) is 17.3. The first-order valence-electron chi connectivity index (χ1n) is 5.64. The molecule has 0 amide bonds. The van der Waals surface area contributed by atoms with Gasteiger partial charge in [0, 0.05) is 15.1 Å². The van der Waals surface area contributed by atoms with Gasteiger partial charge in [-0.15, -0.1) is 0 Å². The number of ether oxygens (including phenoxy) is 1. The average Bonchev–Trinajstić information content (AvgIpc) is 2.40. The van der Waals surface area contributed by atoms with Gasteiger partial charge in [-0.25, -0.2) is 0 Å². The SMILES string of the molecule is O=C(COc1c(Br)cc(Br)cc1Br)c1cc(Cl)ccc1Cl. The van der Waals surface area contributed by atoms with Crippen molar-refractivity contribution in [3.05, 3.63) is 59.4 Å². The van der Waals surface area contributed by atoms with E-state index < -0.39 is 0 Å². The van der Waals surface area contributed by atoms with E-state index in [0.717, 1.165) is 13.4 Å². The first-order chi connectivity index (χ1) is 9.88. The van der Waals surface area contributed by atoms with E-state index in [4.69, 9.17) is 27.9 Å². The molecule has 21 heavy (non-hydrogen) atoms. The molecular formula is C14H7Br3Cl2O2. The zero-order valence-corrected chi connectivity index (χ0v) is 16.6. The Morgan fingerprint density at radius 3 is 2.29 bits per heavy atom. The Morgan fingerprint density at radius 2 is 1.67 bits per heavy atom. The zero-order chi connectivity index (χ0) is 15.6. The average molecular weight is 518 g/mol. The number of rotatable bonds is 4. The van der Waals surface area contributed by atoms with Crippen molar-refractivity contribution in [3.8, 4) is 5.75 Å². The molecule has 110 valence electrons. The molecule has 2 aromatic carbocycles. The van der Waals surface area contributed by atoms with Crippen LogP contribution in [0.2, 0.25) is 10.0 Å². The monoisotopic (exact) mass is 514 g/mol. The minimum Gasteiger partial charge on any atom is -0.483 e. The fraction of sp³-hybridized carbons (Fsp3) is 0.0714.